The van der Waals surface area contributed by atoms with Crippen LogP contribution in [0.15, 0.2) is 46.9 Å². The molecule has 0 spiro atoms. The molecule has 0 amide bonds. The second-order valence-corrected chi connectivity index (χ2v) is 4.87. The summed E-state index contributed by atoms with van der Waals surface area (Å²) in [7, 11) is 0. The molecule has 0 aliphatic heterocycles. The van der Waals surface area contributed by atoms with Crippen molar-refractivity contribution >= 4 is 21.9 Å². The Kier molecular flexibility index (Phi) is 4.32. The van der Waals surface area contributed by atoms with E-state index >= 15 is 0 Å². The fourth-order valence-electron chi connectivity index (χ4n) is 1.59. The van der Waals surface area contributed by atoms with Crippen LogP contribution in [-0.4, -0.2) is 5.97 Å². The van der Waals surface area contributed by atoms with Crippen LogP contribution in [0.3, 0.4) is 0 Å². The van der Waals surface area contributed by atoms with Crippen LogP contribution < -0.4 is 4.74 Å². The van der Waals surface area contributed by atoms with Crippen LogP contribution in [-0.2, 0) is 6.42 Å². The number of benzene rings is 2. The van der Waals surface area contributed by atoms with Crippen molar-refractivity contribution < 1.29 is 13.9 Å². The Morgan fingerprint density at radius 1 is 1.21 bits per heavy atom. The highest BCUT2D eigenvalue weighted by molar-refractivity contribution is 9.10. The predicted octanol–water partition coefficient (Wildman–Crippen LogP) is 4.37. The first-order chi connectivity index (χ1) is 9.10. The van der Waals surface area contributed by atoms with Gasteiger partial charge >= 0.3 is 5.97 Å². The zero-order chi connectivity index (χ0) is 13.8. The van der Waals surface area contributed by atoms with Crippen LogP contribution in [0.5, 0.6) is 5.75 Å². The van der Waals surface area contributed by atoms with Crippen LogP contribution >= 0.6 is 15.9 Å². The van der Waals surface area contributed by atoms with Gasteiger partial charge in [0, 0.05) is 0 Å². The predicted molar refractivity (Wildman–Crippen MR) is 74.9 cm³/mol. The zero-order valence-electron chi connectivity index (χ0n) is 10.3. The van der Waals surface area contributed by atoms with E-state index in [1.165, 1.54) is 18.2 Å². The molecule has 0 fully saturated rings. The van der Waals surface area contributed by atoms with Crippen molar-refractivity contribution in [3.8, 4) is 5.75 Å². The molecule has 0 bridgehead atoms. The molecule has 4 heteroatoms. The van der Waals surface area contributed by atoms with Gasteiger partial charge < -0.3 is 4.74 Å². The number of ether oxygens (including phenoxy) is 1. The zero-order valence-corrected chi connectivity index (χ0v) is 11.9. The summed E-state index contributed by atoms with van der Waals surface area (Å²) in [6, 6.07) is 11.1. The smallest absolute Gasteiger partial charge is 0.343 e. The maximum Gasteiger partial charge on any atom is 0.343 e. The number of esters is 1. The molecule has 2 nitrogen and oxygen atoms in total. The van der Waals surface area contributed by atoms with E-state index in [-0.39, 0.29) is 5.82 Å². The van der Waals surface area contributed by atoms with E-state index in [4.69, 9.17) is 4.74 Å². The molecule has 98 valence electrons. The Bertz CT molecular complexity index is 594. The fourth-order valence-corrected chi connectivity index (χ4v) is 2.03. The van der Waals surface area contributed by atoms with Crippen molar-refractivity contribution in [2.45, 2.75) is 13.3 Å². The highest BCUT2D eigenvalue weighted by atomic mass is 79.9. The maximum absolute atomic E-state index is 12.9. The summed E-state index contributed by atoms with van der Waals surface area (Å²) < 4.78 is 18.5. The summed E-state index contributed by atoms with van der Waals surface area (Å²) in [5, 5.41) is 0. The first-order valence-corrected chi connectivity index (χ1v) is 6.65. The first-order valence-electron chi connectivity index (χ1n) is 5.86. The molecule has 0 saturated carbocycles. The van der Waals surface area contributed by atoms with Crippen LogP contribution in [0, 0.1) is 5.82 Å². The average Bonchev–Trinajstić information content (AvgIpc) is 2.42. The Labute approximate surface area is 119 Å². The third kappa shape index (κ3) is 3.41. The van der Waals surface area contributed by atoms with Crippen LogP contribution in [0.4, 0.5) is 4.39 Å². The summed E-state index contributed by atoms with van der Waals surface area (Å²) >= 11 is 3.15. The van der Waals surface area contributed by atoms with E-state index in [9.17, 15) is 9.18 Å². The Hall–Kier alpha value is -1.68. The maximum atomic E-state index is 12.9. The molecular weight excluding hydrogens is 311 g/mol. The molecule has 0 aliphatic carbocycles. The summed E-state index contributed by atoms with van der Waals surface area (Å²) in [5.41, 5.74) is 1.62. The topological polar surface area (TPSA) is 26.3 Å². The van der Waals surface area contributed by atoms with E-state index in [0.29, 0.717) is 15.8 Å². The normalized spacial score (nSPS) is 10.3. The number of rotatable bonds is 3. The van der Waals surface area contributed by atoms with Gasteiger partial charge in [-0.1, -0.05) is 19.1 Å². The van der Waals surface area contributed by atoms with Crippen molar-refractivity contribution in [2.24, 2.45) is 0 Å². The lowest BCUT2D eigenvalue weighted by Crippen LogP contribution is -2.08. The third-order valence-corrected chi connectivity index (χ3v) is 3.31. The number of hydrogen-bond donors (Lipinski definition) is 0. The third-order valence-electron chi connectivity index (χ3n) is 2.69. The van der Waals surface area contributed by atoms with Gasteiger partial charge in [-0.05, 0) is 58.2 Å². The van der Waals surface area contributed by atoms with E-state index in [1.807, 2.05) is 19.1 Å². The number of aryl methyl sites for hydroxylation is 1. The van der Waals surface area contributed by atoms with Gasteiger partial charge in [0.25, 0.3) is 0 Å². The van der Waals surface area contributed by atoms with Gasteiger partial charge in [-0.2, -0.15) is 0 Å². The molecular formula is C15H12BrFO2. The molecule has 0 atom stereocenters. The second kappa shape index (κ2) is 5.97. The standard InChI is InChI=1S/C15H12BrFO2/c1-2-10-3-5-11(6-4-10)15(18)19-14-8-7-12(17)9-13(14)16/h3-9H,2H2,1H3. The summed E-state index contributed by atoms with van der Waals surface area (Å²) in [6.45, 7) is 2.04. The molecule has 2 aromatic carbocycles. The van der Waals surface area contributed by atoms with Gasteiger partial charge in [-0.15, -0.1) is 0 Å². The first kappa shape index (κ1) is 13.7. The molecule has 2 rings (SSSR count). The fraction of sp³-hybridized carbons (Fsp3) is 0.133. The summed E-state index contributed by atoms with van der Waals surface area (Å²) in [5.74, 6) is -0.556. The average molecular weight is 323 g/mol. The lowest BCUT2D eigenvalue weighted by Gasteiger charge is -2.06. The molecule has 0 saturated heterocycles. The minimum atomic E-state index is -0.463. The lowest BCUT2D eigenvalue weighted by atomic mass is 10.1. The minimum absolute atomic E-state index is 0.297. The molecule has 0 radical (unpaired) electrons. The van der Waals surface area contributed by atoms with E-state index in [0.717, 1.165) is 12.0 Å². The second-order valence-electron chi connectivity index (χ2n) is 4.01. The number of hydrogen-bond acceptors (Lipinski definition) is 2. The van der Waals surface area contributed by atoms with Crippen LogP contribution in [0.1, 0.15) is 22.8 Å². The molecule has 0 heterocycles. The number of halogens is 2. The Morgan fingerprint density at radius 2 is 1.89 bits per heavy atom. The quantitative estimate of drug-likeness (QED) is 0.619. The van der Waals surface area contributed by atoms with E-state index in [2.05, 4.69) is 15.9 Å². The van der Waals surface area contributed by atoms with Crippen molar-refractivity contribution in [2.75, 3.05) is 0 Å². The van der Waals surface area contributed by atoms with E-state index < -0.39 is 5.97 Å². The van der Waals surface area contributed by atoms with Crippen molar-refractivity contribution in [1.29, 1.82) is 0 Å². The number of carbonyl (C=O) groups is 1. The monoisotopic (exact) mass is 322 g/mol. The lowest BCUT2D eigenvalue weighted by molar-refractivity contribution is 0.0733. The molecule has 2 aromatic rings. The molecule has 0 unspecified atom stereocenters. The SMILES string of the molecule is CCc1ccc(C(=O)Oc2ccc(F)cc2Br)cc1. The van der Waals surface area contributed by atoms with Gasteiger partial charge in [0.1, 0.15) is 11.6 Å². The molecule has 0 N–H and O–H groups in total. The van der Waals surface area contributed by atoms with Crippen LogP contribution in [0.25, 0.3) is 0 Å². The highest BCUT2D eigenvalue weighted by Crippen LogP contribution is 2.26. The number of carbonyl (C=O) groups excluding carboxylic acids is 1. The Balaban J connectivity index is 2.15. The summed E-state index contributed by atoms with van der Waals surface area (Å²) in [6.07, 6.45) is 0.916. The van der Waals surface area contributed by atoms with Crippen LogP contribution in [0.2, 0.25) is 0 Å². The van der Waals surface area contributed by atoms with Gasteiger partial charge in [0.15, 0.2) is 0 Å². The van der Waals surface area contributed by atoms with Gasteiger partial charge in [-0.3, -0.25) is 0 Å². The highest BCUT2D eigenvalue weighted by Gasteiger charge is 2.11. The summed E-state index contributed by atoms with van der Waals surface area (Å²) in [4.78, 5) is 11.9. The Morgan fingerprint density at radius 3 is 2.47 bits per heavy atom. The molecule has 0 aromatic heterocycles. The van der Waals surface area contributed by atoms with E-state index in [1.54, 1.807) is 12.1 Å². The van der Waals surface area contributed by atoms with Gasteiger partial charge in [0.05, 0.1) is 10.0 Å². The van der Waals surface area contributed by atoms with Crippen molar-refractivity contribution in [3.63, 3.8) is 0 Å². The van der Waals surface area contributed by atoms with Crippen molar-refractivity contribution in [1.82, 2.24) is 0 Å². The molecule has 0 aliphatic rings. The minimum Gasteiger partial charge on any atom is -0.422 e. The molecule has 19 heavy (non-hydrogen) atoms. The van der Waals surface area contributed by atoms with Crippen molar-refractivity contribution in [3.05, 3.63) is 63.9 Å². The largest absolute Gasteiger partial charge is 0.422 e. The van der Waals surface area contributed by atoms with Gasteiger partial charge in [0.2, 0.25) is 0 Å². The van der Waals surface area contributed by atoms with Gasteiger partial charge in [-0.25, -0.2) is 9.18 Å².